The summed E-state index contributed by atoms with van der Waals surface area (Å²) in [5.41, 5.74) is -1.21. The van der Waals surface area contributed by atoms with E-state index >= 15 is 0 Å². The van der Waals surface area contributed by atoms with Gasteiger partial charge in [-0.2, -0.15) is 0 Å². The summed E-state index contributed by atoms with van der Waals surface area (Å²) in [6, 6.07) is 0. The number of halogens is 1. The van der Waals surface area contributed by atoms with Crippen molar-refractivity contribution in [1.29, 1.82) is 0 Å². The summed E-state index contributed by atoms with van der Waals surface area (Å²) < 4.78 is 18.1. The summed E-state index contributed by atoms with van der Waals surface area (Å²) in [6.45, 7) is 7.51. The molecule has 0 aromatic carbocycles. The second-order valence-electron chi connectivity index (χ2n) is 5.19. The molecular weight excluding hydrogens is 272 g/mol. The van der Waals surface area contributed by atoms with E-state index in [4.69, 9.17) is 11.2 Å². The minimum Gasteiger partial charge on any atom is -0.361 e. The summed E-state index contributed by atoms with van der Waals surface area (Å²) >= 11 is 3.65. The summed E-state index contributed by atoms with van der Waals surface area (Å²) in [5, 5.41) is 2.79. The molecule has 0 radical (unpaired) electrons. The number of terminal acetylenes is 1. The standard InChI is InChI=1S/C12H21FNO2PS/c1-6-12(4,5)16-9-11(2,3)14-10(15)7-8-17(13)18/h1,18H,7-9H2,2-5H3,(H,14,15). The average Bonchev–Trinajstić information content (AvgIpc) is 2.24. The third-order valence-corrected chi connectivity index (χ3v) is 3.34. The van der Waals surface area contributed by atoms with Crippen LogP contribution >= 0.6 is 19.7 Å². The molecule has 18 heavy (non-hydrogen) atoms. The largest absolute Gasteiger partial charge is 0.361 e. The van der Waals surface area contributed by atoms with Crippen LogP contribution in [0.25, 0.3) is 0 Å². The molecule has 0 bridgehead atoms. The molecule has 0 aliphatic carbocycles. The van der Waals surface area contributed by atoms with Crippen LogP contribution in [-0.4, -0.2) is 29.8 Å². The van der Waals surface area contributed by atoms with E-state index in [-0.39, 0.29) is 18.5 Å². The SMILES string of the molecule is C#CC(C)(C)OCC(C)(C)NC(=O)CCP(F)S. The third kappa shape index (κ3) is 8.74. The molecule has 1 unspecified atom stereocenters. The number of rotatable bonds is 7. The summed E-state index contributed by atoms with van der Waals surface area (Å²) in [7, 11) is -1.83. The average molecular weight is 293 g/mol. The minimum atomic E-state index is -1.83. The zero-order valence-electron chi connectivity index (χ0n) is 11.3. The molecule has 104 valence electrons. The predicted octanol–water partition coefficient (Wildman–Crippen LogP) is 2.91. The quantitative estimate of drug-likeness (QED) is 0.430. The van der Waals surface area contributed by atoms with Crippen molar-refractivity contribution in [3.8, 4) is 12.3 Å². The van der Waals surface area contributed by atoms with Crippen LogP contribution in [0.3, 0.4) is 0 Å². The zero-order valence-corrected chi connectivity index (χ0v) is 13.1. The number of amides is 1. The van der Waals surface area contributed by atoms with Gasteiger partial charge in [-0.25, -0.2) is 4.20 Å². The molecular formula is C12H21FNO2PS. The van der Waals surface area contributed by atoms with Crippen LogP contribution in [0.15, 0.2) is 0 Å². The number of nitrogens with one attached hydrogen (secondary N) is 1. The number of thiol groups is 1. The van der Waals surface area contributed by atoms with Gasteiger partial charge < -0.3 is 10.1 Å². The summed E-state index contributed by atoms with van der Waals surface area (Å²) in [6.07, 6.45) is 5.60. The highest BCUT2D eigenvalue weighted by Crippen LogP contribution is 2.42. The molecule has 0 rings (SSSR count). The van der Waals surface area contributed by atoms with Crippen LogP contribution in [0.1, 0.15) is 34.1 Å². The van der Waals surface area contributed by atoms with Gasteiger partial charge >= 0.3 is 0 Å². The van der Waals surface area contributed by atoms with Crippen LogP contribution in [0.4, 0.5) is 4.20 Å². The summed E-state index contributed by atoms with van der Waals surface area (Å²) in [4.78, 5) is 11.6. The van der Waals surface area contributed by atoms with Crippen molar-refractivity contribution in [2.45, 2.75) is 45.3 Å². The molecule has 0 saturated heterocycles. The monoisotopic (exact) mass is 293 g/mol. The highest BCUT2D eigenvalue weighted by molar-refractivity contribution is 8.43. The first-order chi connectivity index (χ1) is 8.08. The molecule has 0 aliphatic heterocycles. The van der Waals surface area contributed by atoms with Crippen molar-refractivity contribution in [1.82, 2.24) is 5.32 Å². The van der Waals surface area contributed by atoms with Gasteiger partial charge in [-0.3, -0.25) is 4.79 Å². The number of hydrogen-bond donors (Lipinski definition) is 2. The molecule has 0 aliphatic rings. The van der Waals surface area contributed by atoms with Gasteiger partial charge in [0.2, 0.25) is 5.91 Å². The molecule has 0 spiro atoms. The smallest absolute Gasteiger partial charge is 0.220 e. The molecule has 0 heterocycles. The molecule has 0 fully saturated rings. The number of carbonyl (C=O) groups is 1. The van der Waals surface area contributed by atoms with E-state index in [1.165, 1.54) is 0 Å². The Labute approximate surface area is 115 Å². The first-order valence-corrected chi connectivity index (χ1v) is 8.20. The van der Waals surface area contributed by atoms with Gasteiger partial charge in [0.15, 0.2) is 0 Å². The fraction of sp³-hybridized carbons (Fsp3) is 0.750. The Morgan fingerprint density at radius 2 is 2.06 bits per heavy atom. The Kier molecular flexibility index (Phi) is 7.21. The predicted molar refractivity (Wildman–Crippen MR) is 77.6 cm³/mol. The first-order valence-electron chi connectivity index (χ1n) is 5.63. The molecule has 0 aromatic rings. The van der Waals surface area contributed by atoms with Gasteiger partial charge in [-0.15, -0.1) is 18.7 Å². The number of carbonyl (C=O) groups excluding carboxylic acids is 1. The van der Waals surface area contributed by atoms with Crippen LogP contribution in [0.2, 0.25) is 0 Å². The van der Waals surface area contributed by atoms with E-state index in [0.717, 1.165) is 0 Å². The highest BCUT2D eigenvalue weighted by atomic mass is 32.7. The molecule has 1 amide bonds. The van der Waals surface area contributed by atoms with Gasteiger partial charge in [0.05, 0.1) is 12.1 Å². The van der Waals surface area contributed by atoms with Gasteiger partial charge in [0.25, 0.3) is 0 Å². The molecule has 6 heteroatoms. The second-order valence-corrected chi connectivity index (χ2v) is 7.61. The normalized spacial score (nSPS) is 13.8. The van der Waals surface area contributed by atoms with Gasteiger partial charge in [-0.1, -0.05) is 5.92 Å². The molecule has 0 saturated carbocycles. The zero-order chi connectivity index (χ0) is 14.4. The minimum absolute atomic E-state index is 0.133. The van der Waals surface area contributed by atoms with E-state index in [0.29, 0.717) is 6.61 Å². The fourth-order valence-electron chi connectivity index (χ4n) is 1.07. The van der Waals surface area contributed by atoms with Crippen molar-refractivity contribution in [2.75, 3.05) is 12.8 Å². The Balaban J connectivity index is 4.15. The van der Waals surface area contributed by atoms with E-state index in [1.807, 2.05) is 13.8 Å². The van der Waals surface area contributed by atoms with E-state index in [2.05, 4.69) is 23.5 Å². The Bertz CT molecular complexity index is 327. The number of hydrogen-bond acceptors (Lipinski definition) is 3. The van der Waals surface area contributed by atoms with Crippen LogP contribution in [-0.2, 0) is 9.53 Å². The lowest BCUT2D eigenvalue weighted by molar-refractivity contribution is -0.123. The van der Waals surface area contributed by atoms with Crippen molar-refractivity contribution >= 4 is 25.6 Å². The Morgan fingerprint density at radius 1 is 1.50 bits per heavy atom. The van der Waals surface area contributed by atoms with Crippen LogP contribution < -0.4 is 5.32 Å². The molecule has 0 aromatic heterocycles. The Morgan fingerprint density at radius 3 is 2.50 bits per heavy atom. The fourth-order valence-corrected chi connectivity index (χ4v) is 1.76. The molecule has 1 N–H and O–H groups in total. The van der Waals surface area contributed by atoms with E-state index < -0.39 is 18.6 Å². The van der Waals surface area contributed by atoms with Gasteiger partial charge in [0.1, 0.15) is 13.0 Å². The second kappa shape index (κ2) is 7.33. The van der Waals surface area contributed by atoms with Crippen molar-refractivity contribution in [3.63, 3.8) is 0 Å². The van der Waals surface area contributed by atoms with Crippen molar-refractivity contribution < 1.29 is 13.7 Å². The maximum atomic E-state index is 12.5. The van der Waals surface area contributed by atoms with Crippen molar-refractivity contribution in [3.05, 3.63) is 0 Å². The number of ether oxygens (including phenoxy) is 1. The third-order valence-electron chi connectivity index (χ3n) is 2.14. The van der Waals surface area contributed by atoms with E-state index in [1.54, 1.807) is 13.8 Å². The van der Waals surface area contributed by atoms with Gasteiger partial charge in [-0.05, 0) is 27.7 Å². The lowest BCUT2D eigenvalue weighted by Gasteiger charge is -2.30. The lowest BCUT2D eigenvalue weighted by atomic mass is 10.1. The van der Waals surface area contributed by atoms with Gasteiger partial charge in [0, 0.05) is 12.6 Å². The van der Waals surface area contributed by atoms with Crippen LogP contribution in [0.5, 0.6) is 0 Å². The first kappa shape index (κ1) is 17.7. The maximum Gasteiger partial charge on any atom is 0.220 e. The van der Waals surface area contributed by atoms with E-state index in [9.17, 15) is 8.99 Å². The maximum absolute atomic E-state index is 12.5. The van der Waals surface area contributed by atoms with Crippen molar-refractivity contribution in [2.24, 2.45) is 0 Å². The lowest BCUT2D eigenvalue weighted by Crippen LogP contribution is -2.48. The topological polar surface area (TPSA) is 38.3 Å². The Hall–Kier alpha value is -0.300. The highest BCUT2D eigenvalue weighted by Gasteiger charge is 2.25. The molecule has 1 atom stereocenters. The van der Waals surface area contributed by atoms with Crippen LogP contribution in [0, 0.1) is 12.3 Å². The summed E-state index contributed by atoms with van der Waals surface area (Å²) in [5.74, 6) is 2.31. The molecule has 3 nitrogen and oxygen atoms in total.